The Labute approximate surface area is 435 Å². The molecule has 8 heteroatoms. The number of para-hydroxylation sites is 5. The maximum Gasteiger partial charge on any atom is 0.240 e. The summed E-state index contributed by atoms with van der Waals surface area (Å²) in [6, 6.07) is 90.1. The molecule has 0 unspecified atom stereocenters. The van der Waals surface area contributed by atoms with Crippen molar-refractivity contribution in [1.82, 2.24) is 38.2 Å². The average Bonchev–Trinajstić information content (AvgIpc) is 4.33. The molecule has 0 spiro atoms. The first-order chi connectivity index (χ1) is 37.7. The number of benzene rings is 10. The number of hydrogen-bond donors (Lipinski definition) is 0. The van der Waals surface area contributed by atoms with Crippen LogP contribution in [-0.2, 0) is 0 Å². The summed E-state index contributed by atoms with van der Waals surface area (Å²) in [4.78, 5) is 22.0. The number of rotatable bonds is 7. The Morgan fingerprint density at radius 2 is 0.632 bits per heavy atom. The Morgan fingerprint density at radius 3 is 1.17 bits per heavy atom. The van der Waals surface area contributed by atoms with Crippen molar-refractivity contribution in [2.24, 2.45) is 0 Å². The van der Waals surface area contributed by atoms with Crippen molar-refractivity contribution in [2.75, 3.05) is 0 Å². The van der Waals surface area contributed by atoms with Crippen LogP contribution in [-0.4, -0.2) is 38.2 Å². The molecule has 0 fully saturated rings. The van der Waals surface area contributed by atoms with Crippen molar-refractivity contribution in [3.05, 3.63) is 255 Å². The molecule has 16 rings (SSSR count). The van der Waals surface area contributed by atoms with Crippen LogP contribution in [0.25, 0.3) is 144 Å². The lowest BCUT2D eigenvalue weighted by Gasteiger charge is -2.14. The number of hydrogen-bond acceptors (Lipinski definition) is 4. The fourth-order valence-electron chi connectivity index (χ4n) is 12.0. The molecule has 0 aliphatic rings. The van der Waals surface area contributed by atoms with Crippen molar-refractivity contribution in [1.29, 1.82) is 0 Å². The minimum atomic E-state index is 0.516. The number of aromatic nitrogens is 8. The predicted molar refractivity (Wildman–Crippen MR) is 311 cm³/mol. The van der Waals surface area contributed by atoms with E-state index in [-0.39, 0.29) is 0 Å². The van der Waals surface area contributed by atoms with Crippen LogP contribution in [0.5, 0.6) is 0 Å². The minimum absolute atomic E-state index is 0.516. The van der Waals surface area contributed by atoms with Crippen LogP contribution in [0.3, 0.4) is 0 Å². The van der Waals surface area contributed by atoms with Gasteiger partial charge in [0.15, 0.2) is 5.82 Å². The first-order valence-corrected chi connectivity index (χ1v) is 25.7. The minimum Gasteiger partial charge on any atom is -0.309 e. The number of nitrogens with zero attached hydrogens (tertiary/aromatic N) is 8. The molecule has 16 aromatic rings. The predicted octanol–water partition coefficient (Wildman–Crippen LogP) is 16.7. The second-order valence-electron chi connectivity index (χ2n) is 19.4. The van der Waals surface area contributed by atoms with Gasteiger partial charge < -0.3 is 9.13 Å². The first-order valence-electron chi connectivity index (χ1n) is 25.7. The van der Waals surface area contributed by atoms with Gasteiger partial charge in [-0.05, 0) is 54.6 Å². The van der Waals surface area contributed by atoms with Crippen LogP contribution in [0, 0.1) is 0 Å². The molecule has 10 aromatic carbocycles. The largest absolute Gasteiger partial charge is 0.309 e. The van der Waals surface area contributed by atoms with Gasteiger partial charge in [-0.15, -0.1) is 0 Å². The monoisotopic (exact) mass is 970 g/mol. The summed E-state index contributed by atoms with van der Waals surface area (Å²) in [5.74, 6) is 1.61. The molecule has 0 atom stereocenters. The molecule has 6 heterocycles. The number of pyridine rings is 1. The van der Waals surface area contributed by atoms with Gasteiger partial charge in [-0.25, -0.2) is 4.98 Å². The van der Waals surface area contributed by atoms with E-state index < -0.39 is 0 Å². The summed E-state index contributed by atoms with van der Waals surface area (Å²) in [6.07, 6.45) is 0. The Bertz CT molecular complexity index is 4920. The molecular formula is C68H42N8. The van der Waals surface area contributed by atoms with E-state index in [0.717, 1.165) is 121 Å². The van der Waals surface area contributed by atoms with E-state index in [1.54, 1.807) is 0 Å². The van der Waals surface area contributed by atoms with Crippen molar-refractivity contribution >= 4 is 87.2 Å². The van der Waals surface area contributed by atoms with Gasteiger partial charge in [0, 0.05) is 65.5 Å². The van der Waals surface area contributed by atoms with Crippen LogP contribution in [0.4, 0.5) is 0 Å². The van der Waals surface area contributed by atoms with Crippen molar-refractivity contribution < 1.29 is 0 Å². The molecule has 0 aliphatic heterocycles. The van der Waals surface area contributed by atoms with E-state index in [9.17, 15) is 0 Å². The van der Waals surface area contributed by atoms with E-state index in [1.807, 2.05) is 18.2 Å². The third-order valence-corrected chi connectivity index (χ3v) is 15.2. The molecule has 0 aliphatic carbocycles. The lowest BCUT2D eigenvalue weighted by molar-refractivity contribution is 0.894. The van der Waals surface area contributed by atoms with Crippen molar-refractivity contribution in [3.8, 4) is 57.2 Å². The fraction of sp³-hybridized carbons (Fsp3) is 0. The van der Waals surface area contributed by atoms with Crippen LogP contribution >= 0.6 is 0 Å². The van der Waals surface area contributed by atoms with Gasteiger partial charge in [0.25, 0.3) is 0 Å². The highest BCUT2D eigenvalue weighted by atomic mass is 15.3. The van der Waals surface area contributed by atoms with Gasteiger partial charge in [-0.3, -0.25) is 9.13 Å². The molecule has 354 valence electrons. The molecule has 8 nitrogen and oxygen atoms in total. The highest BCUT2D eigenvalue weighted by molar-refractivity contribution is 6.27. The Kier molecular flexibility index (Phi) is 9.17. The molecule has 76 heavy (non-hydrogen) atoms. The lowest BCUT2D eigenvalue weighted by Crippen LogP contribution is -2.10. The second-order valence-corrected chi connectivity index (χ2v) is 19.4. The summed E-state index contributed by atoms with van der Waals surface area (Å²) in [6.45, 7) is 0. The van der Waals surface area contributed by atoms with E-state index in [1.165, 1.54) is 5.39 Å². The van der Waals surface area contributed by atoms with Crippen molar-refractivity contribution in [3.63, 3.8) is 0 Å². The van der Waals surface area contributed by atoms with Crippen LogP contribution < -0.4 is 0 Å². The van der Waals surface area contributed by atoms with Gasteiger partial charge in [0.2, 0.25) is 11.9 Å². The average molecular weight is 971 g/mol. The number of fused-ring (bicyclic) bond motifs is 14. The Morgan fingerprint density at radius 1 is 0.237 bits per heavy atom. The molecule has 6 aromatic heterocycles. The fourth-order valence-corrected chi connectivity index (χ4v) is 12.0. The van der Waals surface area contributed by atoms with E-state index >= 15 is 0 Å². The van der Waals surface area contributed by atoms with Crippen molar-refractivity contribution in [2.45, 2.75) is 0 Å². The SMILES string of the molecule is c1ccc(-c2cc(-n3c4ccccc4c4c3ccc3c5ccccc5n(-c5nc(-c6ccccc6)nc(-n6c7ccccc7c7ccc8c9ccccc9n(-c9ccccc9)c8c76)n5)c34)cc(-c3ccccc3)n2)cc1. The molecule has 0 amide bonds. The quantitative estimate of drug-likeness (QED) is 0.160. The third kappa shape index (κ3) is 6.25. The summed E-state index contributed by atoms with van der Waals surface area (Å²) >= 11 is 0. The van der Waals surface area contributed by atoms with E-state index in [0.29, 0.717) is 17.7 Å². The highest BCUT2D eigenvalue weighted by Crippen LogP contribution is 2.45. The Balaban J connectivity index is 1.03. The zero-order valence-corrected chi connectivity index (χ0v) is 40.8. The lowest BCUT2D eigenvalue weighted by atomic mass is 10.1. The second kappa shape index (κ2) is 16.5. The zero-order chi connectivity index (χ0) is 49.8. The zero-order valence-electron chi connectivity index (χ0n) is 40.8. The van der Waals surface area contributed by atoms with Crippen LogP contribution in [0.1, 0.15) is 0 Å². The van der Waals surface area contributed by atoms with Gasteiger partial charge in [-0.1, -0.05) is 200 Å². The molecule has 0 radical (unpaired) electrons. The van der Waals surface area contributed by atoms with E-state index in [2.05, 4.69) is 255 Å². The molecule has 0 bridgehead atoms. The molecular weight excluding hydrogens is 929 g/mol. The topological polar surface area (TPSA) is 71.3 Å². The molecule has 0 saturated carbocycles. The maximum absolute atomic E-state index is 5.73. The van der Waals surface area contributed by atoms with Gasteiger partial charge in [-0.2, -0.15) is 15.0 Å². The van der Waals surface area contributed by atoms with Gasteiger partial charge in [0.05, 0.1) is 61.2 Å². The van der Waals surface area contributed by atoms with Gasteiger partial charge in [0.1, 0.15) is 0 Å². The van der Waals surface area contributed by atoms with E-state index in [4.69, 9.17) is 19.9 Å². The van der Waals surface area contributed by atoms with Crippen LogP contribution in [0.15, 0.2) is 255 Å². The summed E-state index contributed by atoms with van der Waals surface area (Å²) in [7, 11) is 0. The molecule has 0 saturated heterocycles. The first kappa shape index (κ1) is 42.1. The third-order valence-electron chi connectivity index (χ3n) is 15.2. The maximum atomic E-state index is 5.73. The summed E-state index contributed by atoms with van der Waals surface area (Å²) in [5.41, 5.74) is 15.2. The van der Waals surface area contributed by atoms with Crippen LogP contribution in [0.2, 0.25) is 0 Å². The van der Waals surface area contributed by atoms with Gasteiger partial charge >= 0.3 is 0 Å². The summed E-state index contributed by atoms with van der Waals surface area (Å²) in [5, 5.41) is 8.96. The molecule has 0 N–H and O–H groups in total. The highest BCUT2D eigenvalue weighted by Gasteiger charge is 2.27. The Hall–Kier alpha value is -10.4. The standard InChI is InChI=1S/C68H42N8/c1-5-21-43(22-6-1)55-41-47(42-56(69-55)44-23-7-2-8-24-44)73-60-36-20-16-32-54(60)62-61(73)40-39-51-48-29-14-18-34-58(48)75(63(51)62)67-70-66(45-25-9-3-10-26-45)71-68(72-67)76-59-35-19-15-31-50(59)53-38-37-52-49-30-13-17-33-57(49)74(64(52)65(53)76)46-27-11-4-12-28-46/h1-42H. The smallest absolute Gasteiger partial charge is 0.240 e. The normalized spacial score (nSPS) is 11.9. The summed E-state index contributed by atoms with van der Waals surface area (Å²) < 4.78 is 9.35.